The van der Waals surface area contributed by atoms with Crippen molar-refractivity contribution < 1.29 is 14.6 Å². The summed E-state index contributed by atoms with van der Waals surface area (Å²) in [6, 6.07) is 5.59. The second-order valence-corrected chi connectivity index (χ2v) is 5.05. The number of hydrogen-bond donors (Lipinski definition) is 2. The molecule has 4 heteroatoms. The van der Waals surface area contributed by atoms with E-state index >= 15 is 0 Å². The molecule has 1 atom stereocenters. The number of ether oxygens (including phenoxy) is 1. The predicted octanol–water partition coefficient (Wildman–Crippen LogP) is 2.34. The molecule has 0 radical (unpaired) electrons. The van der Waals surface area contributed by atoms with Gasteiger partial charge in [-0.1, -0.05) is 19.9 Å². The largest absolute Gasteiger partial charge is 0.497 e. The summed E-state index contributed by atoms with van der Waals surface area (Å²) >= 11 is 0. The molecule has 4 nitrogen and oxygen atoms in total. The van der Waals surface area contributed by atoms with Gasteiger partial charge in [0.05, 0.1) is 13.5 Å². The van der Waals surface area contributed by atoms with Crippen LogP contribution in [-0.2, 0) is 16.6 Å². The molecule has 19 heavy (non-hydrogen) atoms. The lowest BCUT2D eigenvalue weighted by atomic mass is 9.74. The molecule has 106 valence electrons. The first-order chi connectivity index (χ1) is 8.96. The number of rotatable bonds is 7. The first-order valence-electron chi connectivity index (χ1n) is 6.56. The molecule has 0 heterocycles. The van der Waals surface area contributed by atoms with Crippen LogP contribution in [0, 0.1) is 0 Å². The number of carboxylic acids is 1. The van der Waals surface area contributed by atoms with E-state index in [9.17, 15) is 4.79 Å². The van der Waals surface area contributed by atoms with Crippen molar-refractivity contribution >= 4 is 5.97 Å². The van der Waals surface area contributed by atoms with Gasteiger partial charge in [0.1, 0.15) is 5.75 Å². The fourth-order valence-electron chi connectivity index (χ4n) is 2.38. The Labute approximate surface area is 114 Å². The molecule has 0 spiro atoms. The second kappa shape index (κ2) is 6.57. The van der Waals surface area contributed by atoms with Gasteiger partial charge in [-0.3, -0.25) is 4.79 Å². The van der Waals surface area contributed by atoms with Crippen molar-refractivity contribution in [1.82, 2.24) is 0 Å². The van der Waals surface area contributed by atoms with E-state index in [4.69, 9.17) is 15.6 Å². The maximum atomic E-state index is 11.0. The van der Waals surface area contributed by atoms with E-state index in [0.717, 1.165) is 29.7 Å². The summed E-state index contributed by atoms with van der Waals surface area (Å²) in [7, 11) is 1.61. The van der Waals surface area contributed by atoms with E-state index in [1.165, 1.54) is 0 Å². The first-order valence-corrected chi connectivity index (χ1v) is 6.56. The highest BCUT2D eigenvalue weighted by atomic mass is 16.5. The molecule has 0 aliphatic carbocycles. The zero-order chi connectivity index (χ0) is 14.5. The molecule has 0 aliphatic rings. The maximum Gasteiger partial charge on any atom is 0.307 e. The van der Waals surface area contributed by atoms with Gasteiger partial charge in [-0.25, -0.2) is 0 Å². The summed E-state index contributed by atoms with van der Waals surface area (Å²) in [5.41, 5.74) is 7.45. The van der Waals surface area contributed by atoms with Gasteiger partial charge in [-0.15, -0.1) is 0 Å². The van der Waals surface area contributed by atoms with Crippen LogP contribution >= 0.6 is 0 Å². The second-order valence-electron chi connectivity index (χ2n) is 5.05. The van der Waals surface area contributed by atoms with Crippen LogP contribution < -0.4 is 10.5 Å². The number of methoxy groups -OCH3 is 1. The highest BCUT2D eigenvalue weighted by Gasteiger charge is 2.27. The smallest absolute Gasteiger partial charge is 0.307 e. The molecule has 0 saturated heterocycles. The Bertz CT molecular complexity index is 445. The van der Waals surface area contributed by atoms with Gasteiger partial charge in [-0.05, 0) is 48.1 Å². The van der Waals surface area contributed by atoms with Crippen LogP contribution in [0.15, 0.2) is 18.2 Å². The SMILES string of the molecule is CCC(C)(CCN)c1cc(OC)ccc1CC(=O)O. The van der Waals surface area contributed by atoms with Crippen LogP contribution in [0.2, 0.25) is 0 Å². The van der Waals surface area contributed by atoms with E-state index in [0.29, 0.717) is 6.54 Å². The number of carboxylic acid groups (broad SMARTS) is 1. The first kappa shape index (κ1) is 15.5. The molecule has 3 N–H and O–H groups in total. The van der Waals surface area contributed by atoms with E-state index in [1.807, 2.05) is 12.1 Å². The van der Waals surface area contributed by atoms with Crippen molar-refractivity contribution in [2.24, 2.45) is 5.73 Å². The highest BCUT2D eigenvalue weighted by Crippen LogP contribution is 2.35. The van der Waals surface area contributed by atoms with Crippen molar-refractivity contribution in [1.29, 1.82) is 0 Å². The Kier molecular flexibility index (Phi) is 5.36. The average molecular weight is 265 g/mol. The van der Waals surface area contributed by atoms with Gasteiger partial charge < -0.3 is 15.6 Å². The van der Waals surface area contributed by atoms with Crippen molar-refractivity contribution in [3.05, 3.63) is 29.3 Å². The van der Waals surface area contributed by atoms with Crippen LogP contribution in [0.5, 0.6) is 5.75 Å². The van der Waals surface area contributed by atoms with E-state index in [-0.39, 0.29) is 11.8 Å². The summed E-state index contributed by atoms with van der Waals surface area (Å²) < 4.78 is 5.25. The van der Waals surface area contributed by atoms with Gasteiger partial charge in [0.25, 0.3) is 0 Å². The average Bonchev–Trinajstić information content (AvgIpc) is 2.38. The number of nitrogens with two attached hydrogens (primary N) is 1. The number of aliphatic carboxylic acids is 1. The van der Waals surface area contributed by atoms with E-state index in [2.05, 4.69) is 13.8 Å². The third-order valence-electron chi connectivity index (χ3n) is 3.79. The molecule has 1 unspecified atom stereocenters. The molecule has 0 amide bonds. The minimum atomic E-state index is -0.822. The Morgan fingerprint density at radius 2 is 2.16 bits per heavy atom. The lowest BCUT2D eigenvalue weighted by Crippen LogP contribution is -2.27. The Balaban J connectivity index is 3.29. The minimum absolute atomic E-state index is 0.0273. The zero-order valence-corrected chi connectivity index (χ0v) is 11.9. The zero-order valence-electron chi connectivity index (χ0n) is 11.9. The van der Waals surface area contributed by atoms with Gasteiger partial charge in [0, 0.05) is 0 Å². The Hall–Kier alpha value is -1.55. The normalized spacial score (nSPS) is 13.9. The molecule has 1 aromatic carbocycles. The van der Waals surface area contributed by atoms with Crippen molar-refractivity contribution in [2.45, 2.75) is 38.5 Å². The van der Waals surface area contributed by atoms with Crippen LogP contribution in [-0.4, -0.2) is 24.7 Å². The highest BCUT2D eigenvalue weighted by molar-refractivity contribution is 5.71. The summed E-state index contributed by atoms with van der Waals surface area (Å²) in [5, 5.41) is 9.03. The van der Waals surface area contributed by atoms with E-state index < -0.39 is 5.97 Å². The summed E-state index contributed by atoms with van der Waals surface area (Å²) in [6.07, 6.45) is 1.76. The standard InChI is InChI=1S/C15H23NO3/c1-4-15(2,7-8-16)13-10-12(19-3)6-5-11(13)9-14(17)18/h5-6,10H,4,7-9,16H2,1-3H3,(H,17,18). The quantitative estimate of drug-likeness (QED) is 0.793. The fourth-order valence-corrected chi connectivity index (χ4v) is 2.38. The minimum Gasteiger partial charge on any atom is -0.497 e. The summed E-state index contributed by atoms with van der Waals surface area (Å²) in [4.78, 5) is 11.0. The number of hydrogen-bond acceptors (Lipinski definition) is 3. The van der Waals surface area contributed by atoms with Crippen LogP contribution in [0.25, 0.3) is 0 Å². The van der Waals surface area contributed by atoms with Gasteiger partial charge >= 0.3 is 5.97 Å². The number of benzene rings is 1. The van der Waals surface area contributed by atoms with Gasteiger partial charge in [-0.2, -0.15) is 0 Å². The maximum absolute atomic E-state index is 11.0. The molecule has 1 rings (SSSR count). The summed E-state index contributed by atoms with van der Waals surface area (Å²) in [6.45, 7) is 4.80. The van der Waals surface area contributed by atoms with E-state index in [1.54, 1.807) is 13.2 Å². The summed E-state index contributed by atoms with van der Waals surface area (Å²) in [5.74, 6) is -0.0709. The molecular formula is C15H23NO3. The van der Waals surface area contributed by atoms with Gasteiger partial charge in [0.15, 0.2) is 0 Å². The fraction of sp³-hybridized carbons (Fsp3) is 0.533. The monoisotopic (exact) mass is 265 g/mol. The van der Waals surface area contributed by atoms with Crippen molar-refractivity contribution in [2.75, 3.05) is 13.7 Å². The van der Waals surface area contributed by atoms with Gasteiger partial charge in [0.2, 0.25) is 0 Å². The van der Waals surface area contributed by atoms with Crippen molar-refractivity contribution in [3.8, 4) is 5.75 Å². The molecule has 1 aromatic rings. The molecule has 0 aromatic heterocycles. The number of carbonyl (C=O) groups is 1. The Morgan fingerprint density at radius 1 is 1.47 bits per heavy atom. The lowest BCUT2D eigenvalue weighted by Gasteiger charge is -2.31. The molecule has 0 saturated carbocycles. The predicted molar refractivity (Wildman–Crippen MR) is 75.6 cm³/mol. The lowest BCUT2D eigenvalue weighted by molar-refractivity contribution is -0.136. The molecule has 0 fully saturated rings. The third-order valence-corrected chi connectivity index (χ3v) is 3.79. The Morgan fingerprint density at radius 3 is 2.63 bits per heavy atom. The molecule has 0 bridgehead atoms. The molecular weight excluding hydrogens is 242 g/mol. The molecule has 0 aliphatic heterocycles. The topological polar surface area (TPSA) is 72.5 Å². The third kappa shape index (κ3) is 3.70. The van der Waals surface area contributed by atoms with Crippen LogP contribution in [0.1, 0.15) is 37.8 Å². The van der Waals surface area contributed by atoms with Crippen molar-refractivity contribution in [3.63, 3.8) is 0 Å². The van der Waals surface area contributed by atoms with Crippen LogP contribution in [0.3, 0.4) is 0 Å². The van der Waals surface area contributed by atoms with Crippen LogP contribution in [0.4, 0.5) is 0 Å².